The second kappa shape index (κ2) is 35.3. The lowest BCUT2D eigenvalue weighted by Gasteiger charge is -2.44. The standard InChI is InChI=1S/2C25H27ClFN3O3.2C25H28ClN3O3/c1-24(2,3)15-12-18(14-7-8-17(27)16(26)11-14)28-19-13-20(33-21(15)19)22(31)30-10-9-29(6)23(32)25(30,4)5;1-24(2,3)15-12-18(14-7-8-16(26)17(27)11-14)28-19-13-20(33-21(15)19)22(31)30-10-9-29(6)23(32)25(30,4)5;1-24(2,3)17-13-18(15-7-9-16(26)10-8-15)27-19-14-20(32-21(17)19)22(30)29-12-11-28(6)23(31)25(29,4)5;1-24(2,3)17-13-18(15-8-7-9-16(26)12-15)27-19-14-20(32-21(17)19)22(30)29-11-10-28(6)23(31)25(29,4)5/h2*7-8,11-13H,9-10H2,1-6H3;7-10,13-14H,11-12H2,1-6H3;7-9,12-14H,10-11H2,1-6H3/i4*6D3. The lowest BCUT2D eigenvalue weighted by molar-refractivity contribution is -0.145. The number of carbonyl (C=O) groups is 8. The zero-order chi connectivity index (χ0) is 105. The Kier molecular flexibility index (Phi) is 21.8. The number of rotatable bonds is 8. The van der Waals surface area contributed by atoms with Crippen LogP contribution in [0.2, 0.25) is 20.1 Å². The van der Waals surface area contributed by atoms with E-state index < -0.39 is 120 Å². The van der Waals surface area contributed by atoms with E-state index in [-0.39, 0.29) is 96.3 Å². The van der Waals surface area contributed by atoms with E-state index in [4.69, 9.17) is 90.5 Å². The second-order valence-electron chi connectivity index (χ2n) is 38.7. The van der Waals surface area contributed by atoms with Crippen LogP contribution in [-0.4, -0.2) is 209 Å². The van der Waals surface area contributed by atoms with Crippen molar-refractivity contribution in [2.75, 3.05) is 80.3 Å². The van der Waals surface area contributed by atoms with E-state index in [0.717, 1.165) is 58.7 Å². The number of benzene rings is 4. The van der Waals surface area contributed by atoms with E-state index in [1.54, 1.807) is 76.2 Å². The van der Waals surface area contributed by atoms with Crippen LogP contribution in [-0.2, 0) is 40.8 Å². The molecule has 0 radical (unpaired) electrons. The van der Waals surface area contributed by atoms with E-state index in [2.05, 4.69) is 9.97 Å². The summed E-state index contributed by atoms with van der Waals surface area (Å²) in [6.45, 7) is 25.9. The number of hydrogen-bond acceptors (Lipinski definition) is 16. The lowest BCUT2D eigenvalue weighted by Crippen LogP contribution is -2.63. The number of carbonyl (C=O) groups excluding carboxylic acids is 8. The summed E-state index contributed by atoms with van der Waals surface area (Å²) < 4.78 is 144. The molecule has 0 saturated carbocycles. The number of furan rings is 4. The van der Waals surface area contributed by atoms with E-state index >= 15 is 0 Å². The van der Waals surface area contributed by atoms with Gasteiger partial charge in [-0.05, 0) is 156 Å². The summed E-state index contributed by atoms with van der Waals surface area (Å²) in [7, 11) is 0. The van der Waals surface area contributed by atoms with Crippen LogP contribution >= 0.6 is 46.4 Å². The number of amides is 8. The van der Waals surface area contributed by atoms with E-state index in [9.17, 15) is 47.1 Å². The summed E-state index contributed by atoms with van der Waals surface area (Å²) in [5, 5.41) is 1.19. The average Bonchev–Trinajstić information content (AvgIpc) is 1.56. The van der Waals surface area contributed by atoms with Crippen molar-refractivity contribution in [3.8, 4) is 45.0 Å². The summed E-state index contributed by atoms with van der Waals surface area (Å²) in [4.78, 5) is 133. The van der Waals surface area contributed by atoms with Crippen molar-refractivity contribution in [1.29, 1.82) is 0 Å². The van der Waals surface area contributed by atoms with Crippen LogP contribution < -0.4 is 0 Å². The Morgan fingerprint density at radius 1 is 0.331 bits per heavy atom. The Morgan fingerprint density at radius 2 is 0.608 bits per heavy atom. The molecule has 684 valence electrons. The first-order valence-electron chi connectivity index (χ1n) is 48.0. The van der Waals surface area contributed by atoms with Crippen molar-refractivity contribution in [2.45, 2.75) is 182 Å². The summed E-state index contributed by atoms with van der Waals surface area (Å²) in [5.41, 5.74) is 5.40. The predicted octanol–water partition coefficient (Wildman–Crippen LogP) is 20.8. The van der Waals surface area contributed by atoms with Crippen molar-refractivity contribution in [3.63, 3.8) is 0 Å². The number of aromatic nitrogens is 4. The fourth-order valence-electron chi connectivity index (χ4n) is 16.0. The molecule has 24 nitrogen and oxygen atoms in total. The van der Waals surface area contributed by atoms with Crippen LogP contribution in [0.1, 0.15) is 219 Å². The number of hydrogen-bond donors (Lipinski definition) is 0. The first-order chi connectivity index (χ1) is 65.2. The molecular weight excluding hydrogens is 1740 g/mol. The molecule has 130 heavy (non-hydrogen) atoms. The highest BCUT2D eigenvalue weighted by Gasteiger charge is 2.49. The molecule has 0 spiro atoms. The third-order valence-electron chi connectivity index (χ3n) is 23.6. The maximum absolute atomic E-state index is 14.1. The normalized spacial score (nSPS) is 18.4. The van der Waals surface area contributed by atoms with Gasteiger partial charge in [0.25, 0.3) is 23.6 Å². The molecule has 12 heterocycles. The van der Waals surface area contributed by atoms with Crippen LogP contribution in [0.3, 0.4) is 0 Å². The minimum atomic E-state index is -2.59. The van der Waals surface area contributed by atoms with E-state index in [0.29, 0.717) is 82.7 Å². The highest BCUT2D eigenvalue weighted by molar-refractivity contribution is 6.32. The van der Waals surface area contributed by atoms with Gasteiger partial charge < -0.3 is 56.9 Å². The summed E-state index contributed by atoms with van der Waals surface area (Å²) in [6.07, 6.45) is 0. The van der Waals surface area contributed by atoms with Crippen LogP contribution in [0.15, 0.2) is 151 Å². The summed E-state index contributed by atoms with van der Waals surface area (Å²) >= 11 is 24.0. The van der Waals surface area contributed by atoms with E-state index in [1.807, 2.05) is 132 Å². The number of likely N-dealkylation sites (N-methyl/N-ethyl adjacent to an activating group) is 4. The number of piperazine rings is 4. The molecule has 4 fully saturated rings. The Balaban J connectivity index is 0.000000159. The van der Waals surface area contributed by atoms with Gasteiger partial charge >= 0.3 is 0 Å². The van der Waals surface area contributed by atoms with Gasteiger partial charge in [0.1, 0.15) is 55.9 Å². The molecule has 0 atom stereocenters. The molecule has 4 aliphatic rings. The monoisotopic (exact) mass is 1860 g/mol. The molecule has 4 aliphatic heterocycles. The zero-order valence-corrected chi connectivity index (χ0v) is 78.9. The molecule has 0 aliphatic carbocycles. The fraction of sp³-hybridized carbons (Fsp3) is 0.400. The molecular formula is C100H110Cl4F2N12O12. The Morgan fingerprint density at radius 3 is 0.885 bits per heavy atom. The lowest BCUT2D eigenvalue weighted by atomic mass is 9.86. The smallest absolute Gasteiger partial charge is 0.290 e. The topological polar surface area (TPSA) is 267 Å². The second-order valence-corrected chi connectivity index (χ2v) is 40.4. The molecule has 8 aromatic heterocycles. The maximum atomic E-state index is 14.1. The molecule has 4 saturated heterocycles. The quantitative estimate of drug-likeness (QED) is 0.137. The average molecular weight is 1860 g/mol. The van der Waals surface area contributed by atoms with Crippen LogP contribution in [0, 0.1) is 11.6 Å². The van der Waals surface area contributed by atoms with Crippen molar-refractivity contribution < 1.29 is 81.3 Å². The summed E-state index contributed by atoms with van der Waals surface area (Å²) in [6, 6.07) is 37.2. The largest absolute Gasteiger partial charge is 0.449 e. The number of pyridine rings is 4. The molecule has 0 unspecified atom stereocenters. The van der Waals surface area contributed by atoms with Gasteiger partial charge in [0.2, 0.25) is 23.6 Å². The first kappa shape index (κ1) is 80.5. The Hall–Kier alpha value is -11.6. The van der Waals surface area contributed by atoms with Gasteiger partial charge in [0.05, 0.1) is 32.8 Å². The third-order valence-corrected chi connectivity index (χ3v) is 24.7. The zero-order valence-electron chi connectivity index (χ0n) is 87.9. The van der Waals surface area contributed by atoms with Gasteiger partial charge in [0, 0.05) is 176 Å². The molecule has 16 rings (SSSR count). The highest BCUT2D eigenvalue weighted by atomic mass is 35.5. The molecule has 4 aromatic carbocycles. The molecule has 0 bridgehead atoms. The molecule has 0 N–H and O–H groups in total. The maximum Gasteiger partial charge on any atom is 0.290 e. The van der Waals surface area contributed by atoms with Gasteiger partial charge in [-0.15, -0.1) is 0 Å². The molecule has 12 aromatic rings. The van der Waals surface area contributed by atoms with Gasteiger partial charge in [-0.25, -0.2) is 28.7 Å². The Bertz CT molecular complexity index is 6830. The number of fused-ring (bicyclic) bond motifs is 4. The van der Waals surface area contributed by atoms with Crippen LogP contribution in [0.4, 0.5) is 8.78 Å². The van der Waals surface area contributed by atoms with E-state index in [1.165, 1.54) is 83.7 Å². The SMILES string of the molecule is [2H]C([2H])([2H])N1CCN(C(=O)c2cc3nc(-c4ccc(Cl)c(F)c4)cc(C(C)(C)C)c3o2)C(C)(C)C1=O.[2H]C([2H])([2H])N1CCN(C(=O)c2cc3nc(-c4ccc(Cl)cc4)cc(C(C)(C)C)c3o2)C(C)(C)C1=O.[2H]C([2H])([2H])N1CCN(C(=O)c2cc3nc(-c4ccc(F)c(Cl)c4)cc(C(C)(C)C)c3o2)C(C)(C)C1=O.[2H]C([2H])([2H])N1CCN(C(=O)c2cc3nc(-c4cccc(Cl)c4)cc(C(C)(C)C)c3o2)C(C)(C)C1=O. The highest BCUT2D eigenvalue weighted by Crippen LogP contribution is 2.43. The van der Waals surface area contributed by atoms with Crippen molar-refractivity contribution in [1.82, 2.24) is 59.1 Å². The number of nitrogens with zero attached hydrogens (tertiary/aromatic N) is 12. The minimum Gasteiger partial charge on any atom is -0.449 e. The third kappa shape index (κ3) is 18.9. The Labute approximate surface area is 792 Å². The number of halogens is 6. The molecule has 30 heteroatoms. The minimum absolute atomic E-state index is 0.00261. The van der Waals surface area contributed by atoms with Gasteiger partial charge in [0.15, 0.2) is 45.4 Å². The van der Waals surface area contributed by atoms with Crippen molar-refractivity contribution in [2.24, 2.45) is 0 Å². The van der Waals surface area contributed by atoms with Crippen molar-refractivity contribution in [3.05, 3.63) is 210 Å². The first-order valence-corrected chi connectivity index (χ1v) is 43.5. The van der Waals surface area contributed by atoms with Gasteiger partial charge in [-0.3, -0.25) is 38.4 Å². The fourth-order valence-corrected chi connectivity index (χ4v) is 16.6. The van der Waals surface area contributed by atoms with Gasteiger partial charge in [-0.1, -0.05) is 160 Å². The van der Waals surface area contributed by atoms with Crippen LogP contribution in [0.25, 0.3) is 89.4 Å². The van der Waals surface area contributed by atoms with Gasteiger partial charge in [-0.2, -0.15) is 0 Å². The molecule has 8 amide bonds. The summed E-state index contributed by atoms with van der Waals surface area (Å²) in [5.74, 6) is -5.71. The van der Waals surface area contributed by atoms with Crippen molar-refractivity contribution >= 4 is 138 Å². The van der Waals surface area contributed by atoms with Crippen LogP contribution in [0.5, 0.6) is 0 Å². The predicted molar refractivity (Wildman–Crippen MR) is 504 cm³/mol.